The summed E-state index contributed by atoms with van der Waals surface area (Å²) in [5.41, 5.74) is 2.94. The van der Waals surface area contributed by atoms with Crippen LogP contribution in [0.25, 0.3) is 0 Å². The fraction of sp³-hybridized carbons (Fsp3) is 0. The van der Waals surface area contributed by atoms with Crippen molar-refractivity contribution in [2.24, 2.45) is 0 Å². The van der Waals surface area contributed by atoms with Crippen molar-refractivity contribution in [2.75, 3.05) is 0 Å². The molecule has 4 aliphatic rings. The van der Waals surface area contributed by atoms with Crippen LogP contribution in [-0.2, 0) is 20.8 Å². The third-order valence-corrected chi connectivity index (χ3v) is 11.5. The van der Waals surface area contributed by atoms with Gasteiger partial charge in [0.05, 0.1) is 0 Å². The van der Waals surface area contributed by atoms with Crippen molar-refractivity contribution in [1.82, 2.24) is 0 Å². The van der Waals surface area contributed by atoms with Crippen LogP contribution in [0.4, 0.5) is 0 Å². The molecule has 0 nitrogen and oxygen atoms in total. The first-order valence-electron chi connectivity index (χ1n) is 11.2. The molecule has 2 saturated carbocycles. The first-order valence-corrected chi connectivity index (χ1v) is 19.5. The summed E-state index contributed by atoms with van der Waals surface area (Å²) in [6.07, 6.45) is 26.9. The molecule has 0 N–H and O–H groups in total. The quantitative estimate of drug-likeness (QED) is 0.380. The molecule has 0 aromatic heterocycles. The average molecular weight is 573 g/mol. The number of fused-ring (bicyclic) bond motifs is 3. The zero-order chi connectivity index (χ0) is 23.4. The van der Waals surface area contributed by atoms with Crippen LogP contribution >= 0.6 is 17.0 Å². The van der Waals surface area contributed by atoms with Crippen molar-refractivity contribution in [3.05, 3.63) is 170 Å². The Morgan fingerprint density at radius 1 is 0.529 bits per heavy atom. The Labute approximate surface area is 224 Å². The topological polar surface area (TPSA) is 0 Å². The number of benzene rings is 2. The number of hydrogen-bond acceptors (Lipinski definition) is 0. The number of halogens is 2. The van der Waals surface area contributed by atoms with E-state index in [-0.39, 0.29) is 0 Å². The van der Waals surface area contributed by atoms with Gasteiger partial charge in [0.1, 0.15) is 8.07 Å². The summed E-state index contributed by atoms with van der Waals surface area (Å²) < 4.78 is 0. The summed E-state index contributed by atoms with van der Waals surface area (Å²) in [7, 11) is 7.34. The fourth-order valence-electron chi connectivity index (χ4n) is 5.35. The molecule has 10 radical (unpaired) electrons. The minimum atomic E-state index is -2.52. The molecular weight excluding hydrogens is 551 g/mol. The van der Waals surface area contributed by atoms with Crippen molar-refractivity contribution in [1.29, 1.82) is 0 Å². The van der Waals surface area contributed by atoms with E-state index in [2.05, 4.69) is 135 Å². The van der Waals surface area contributed by atoms with Gasteiger partial charge in [0.2, 0.25) is 0 Å². The Kier molecular flexibility index (Phi) is 8.32. The van der Waals surface area contributed by atoms with Crippen LogP contribution in [0.15, 0.2) is 109 Å². The summed E-state index contributed by atoms with van der Waals surface area (Å²) in [5, 5.41) is 2.85. The van der Waals surface area contributed by atoms with E-state index in [1.165, 1.54) is 45.1 Å². The van der Waals surface area contributed by atoms with Crippen molar-refractivity contribution < 1.29 is 20.8 Å². The van der Waals surface area contributed by atoms with Gasteiger partial charge in [-0.25, -0.2) is 0 Å². The second kappa shape index (κ2) is 11.4. The summed E-state index contributed by atoms with van der Waals surface area (Å²) in [4.78, 5) is 0. The summed E-state index contributed by atoms with van der Waals surface area (Å²) in [6.45, 7) is 0. The van der Waals surface area contributed by atoms with Crippen molar-refractivity contribution in [2.45, 2.75) is 0 Å². The van der Waals surface area contributed by atoms with E-state index in [9.17, 15) is 0 Å². The van der Waals surface area contributed by atoms with Gasteiger partial charge < -0.3 is 0 Å². The van der Waals surface area contributed by atoms with Crippen LogP contribution in [0.5, 0.6) is 0 Å². The molecule has 2 aromatic carbocycles. The summed E-state index contributed by atoms with van der Waals surface area (Å²) in [5.74, 6) is 5.46. The molecular formula is C30H22Cl2SiZr. The molecule has 4 aliphatic carbocycles. The second-order valence-electron chi connectivity index (χ2n) is 8.19. The van der Waals surface area contributed by atoms with E-state index < -0.39 is 28.9 Å². The molecule has 2 aromatic rings. The van der Waals surface area contributed by atoms with Crippen LogP contribution in [0.3, 0.4) is 0 Å². The van der Waals surface area contributed by atoms with Gasteiger partial charge in [-0.15, -0.1) is 0 Å². The first kappa shape index (κ1) is 24.8. The van der Waals surface area contributed by atoms with Gasteiger partial charge in [-0.05, 0) is 31.2 Å². The van der Waals surface area contributed by atoms with Gasteiger partial charge in [-0.1, -0.05) is 120 Å². The van der Waals surface area contributed by atoms with E-state index in [4.69, 9.17) is 17.0 Å². The van der Waals surface area contributed by atoms with Gasteiger partial charge >= 0.3 is 37.9 Å². The molecule has 0 heterocycles. The standard InChI is InChI=1S/C30H22Si.2ClH.Zr/c1-3-13-23(14-4-1)31(25-17-7-8-18-25,24-15-5-2-6-16-24)30-28-21-11-9-19-26(28)27-20-10-12-22-29(27)30;;;/h1-22H;2*1H;/q;;;+2/p-2. The number of rotatable bonds is 4. The van der Waals surface area contributed by atoms with Crippen LogP contribution in [0, 0.1) is 60.4 Å². The average Bonchev–Trinajstić information content (AvgIpc) is 3.55. The first-order chi connectivity index (χ1) is 16.8. The van der Waals surface area contributed by atoms with Crippen molar-refractivity contribution in [3.8, 4) is 0 Å². The van der Waals surface area contributed by atoms with Gasteiger partial charge in [0.25, 0.3) is 0 Å². The number of hydrogen-bond donors (Lipinski definition) is 0. The van der Waals surface area contributed by atoms with E-state index in [0.717, 1.165) is 0 Å². The SMILES string of the molecule is [CH]1[CH][CH][C]([Si]([C]2[C]3C=CC=C[C]3[C]3C=CC=C[C]32)(c2ccccc2)c2ccccc2)[CH]1.[Cl][Zr][Cl]. The second-order valence-corrected chi connectivity index (χ2v) is 15.7. The third-order valence-electron chi connectivity index (χ3n) is 6.57. The molecule has 0 bridgehead atoms. The van der Waals surface area contributed by atoms with Gasteiger partial charge in [-0.2, -0.15) is 0 Å². The molecule has 2 fully saturated rings. The van der Waals surface area contributed by atoms with E-state index in [1.807, 2.05) is 0 Å². The monoisotopic (exact) mass is 570 g/mol. The Morgan fingerprint density at radius 2 is 0.912 bits per heavy atom. The minimum absolute atomic E-state index is 0.826. The van der Waals surface area contributed by atoms with E-state index in [0.29, 0.717) is 0 Å². The maximum atomic E-state index is 4.93. The third kappa shape index (κ3) is 4.39. The molecule has 0 atom stereocenters. The molecule has 6 rings (SSSR count). The van der Waals surface area contributed by atoms with E-state index >= 15 is 0 Å². The molecule has 0 spiro atoms. The zero-order valence-corrected chi connectivity index (χ0v) is 23.4. The van der Waals surface area contributed by atoms with Crippen LogP contribution in [-0.4, -0.2) is 8.07 Å². The Hall–Kier alpha value is -0.920. The molecule has 164 valence electrons. The van der Waals surface area contributed by atoms with Crippen LogP contribution in [0.2, 0.25) is 0 Å². The summed E-state index contributed by atoms with van der Waals surface area (Å²) >= 11 is -0.826. The molecule has 0 amide bonds. The predicted molar refractivity (Wildman–Crippen MR) is 143 cm³/mol. The molecule has 0 unspecified atom stereocenters. The molecule has 0 aliphatic heterocycles. The molecule has 4 heteroatoms. The van der Waals surface area contributed by atoms with Crippen molar-refractivity contribution >= 4 is 35.5 Å². The zero-order valence-electron chi connectivity index (χ0n) is 18.5. The fourth-order valence-corrected chi connectivity index (χ4v) is 10.5. The van der Waals surface area contributed by atoms with Gasteiger partial charge in [0.15, 0.2) is 0 Å². The van der Waals surface area contributed by atoms with Gasteiger partial charge in [0, 0.05) is 29.2 Å². The van der Waals surface area contributed by atoms with Gasteiger partial charge in [-0.3, -0.25) is 0 Å². The summed E-state index contributed by atoms with van der Waals surface area (Å²) in [6, 6.07) is 22.4. The maximum absolute atomic E-state index is 4.93. The van der Waals surface area contributed by atoms with Crippen LogP contribution < -0.4 is 10.4 Å². The molecule has 0 saturated heterocycles. The van der Waals surface area contributed by atoms with E-state index in [1.54, 1.807) is 0 Å². The molecule has 34 heavy (non-hydrogen) atoms. The van der Waals surface area contributed by atoms with Crippen LogP contribution in [0.1, 0.15) is 0 Å². The van der Waals surface area contributed by atoms with Crippen molar-refractivity contribution in [3.63, 3.8) is 0 Å². The Morgan fingerprint density at radius 3 is 1.32 bits per heavy atom. The predicted octanol–water partition coefficient (Wildman–Crippen LogP) is 6.25. The normalized spacial score (nSPS) is 21.4. The Bertz CT molecular complexity index is 982. The number of allylic oxidation sites excluding steroid dienone is 8. The Balaban J connectivity index is 0.000000764.